The van der Waals surface area contributed by atoms with E-state index in [4.69, 9.17) is 0 Å². The van der Waals surface area contributed by atoms with Gasteiger partial charge in [-0.1, -0.05) is 36.5 Å². The molecule has 0 saturated heterocycles. The maximum absolute atomic E-state index is 4.00. The Balaban J connectivity index is 2.68. The zero-order chi connectivity index (χ0) is 7.56. The topological polar surface area (TPSA) is 0 Å². The Hall–Kier alpha value is -0.780. The molecule has 0 aliphatic heterocycles. The second-order valence-corrected chi connectivity index (χ2v) is 2.97. The van der Waals surface area contributed by atoms with Crippen molar-refractivity contribution in [3.05, 3.63) is 36.5 Å². The van der Waals surface area contributed by atoms with Gasteiger partial charge in [0.25, 0.3) is 0 Å². The number of rotatable bonds is 1. The van der Waals surface area contributed by atoms with E-state index in [1.54, 1.807) is 0 Å². The Bertz CT molecular complexity index is 184. The summed E-state index contributed by atoms with van der Waals surface area (Å²) in [5, 5.41) is 0. The van der Waals surface area contributed by atoms with Crippen LogP contribution in [0.2, 0.25) is 0 Å². The van der Waals surface area contributed by atoms with Gasteiger partial charge in [0, 0.05) is 5.92 Å². The van der Waals surface area contributed by atoms with Gasteiger partial charge in [-0.2, -0.15) is 0 Å². The van der Waals surface area contributed by atoms with Gasteiger partial charge in [-0.15, -0.1) is 0 Å². The minimum atomic E-state index is 0.546. The average molecular weight is 134 g/mol. The van der Waals surface area contributed by atoms with Gasteiger partial charge in [0.05, 0.1) is 0 Å². The third-order valence-electron chi connectivity index (χ3n) is 2.01. The molecule has 0 saturated carbocycles. The number of hydrogen-bond donors (Lipinski definition) is 0. The standard InChI is InChI=1S/C10H14/c1-8(2)10-7-5-4-6-9(10)3/h4-5,10H,1,3,6-7H2,2H3. The van der Waals surface area contributed by atoms with E-state index in [2.05, 4.69) is 32.2 Å². The Labute approximate surface area is 62.9 Å². The fourth-order valence-electron chi connectivity index (χ4n) is 1.33. The molecule has 0 spiro atoms. The van der Waals surface area contributed by atoms with Gasteiger partial charge in [0.2, 0.25) is 0 Å². The van der Waals surface area contributed by atoms with Gasteiger partial charge < -0.3 is 0 Å². The molecule has 0 aromatic heterocycles. The van der Waals surface area contributed by atoms with Crippen molar-refractivity contribution in [2.75, 3.05) is 0 Å². The molecule has 1 atom stereocenters. The first-order chi connectivity index (χ1) is 4.72. The highest BCUT2D eigenvalue weighted by molar-refractivity contribution is 5.22. The van der Waals surface area contributed by atoms with E-state index in [0.717, 1.165) is 12.8 Å². The molecule has 0 fully saturated rings. The molecule has 0 aromatic rings. The van der Waals surface area contributed by atoms with Crippen molar-refractivity contribution in [3.8, 4) is 0 Å². The Morgan fingerprint density at radius 1 is 1.60 bits per heavy atom. The number of hydrogen-bond acceptors (Lipinski definition) is 0. The van der Waals surface area contributed by atoms with Gasteiger partial charge in [0.15, 0.2) is 0 Å². The monoisotopic (exact) mass is 134 g/mol. The SMILES string of the molecule is C=C(C)C1CC=CCC1=C. The van der Waals surface area contributed by atoms with Crippen LogP contribution in [-0.4, -0.2) is 0 Å². The molecule has 0 radical (unpaired) electrons. The Morgan fingerprint density at radius 3 is 2.70 bits per heavy atom. The van der Waals surface area contributed by atoms with Crippen molar-refractivity contribution >= 4 is 0 Å². The summed E-state index contributed by atoms with van der Waals surface area (Å²) < 4.78 is 0. The zero-order valence-corrected chi connectivity index (χ0v) is 6.56. The smallest absolute Gasteiger partial charge is 0.00364 e. The highest BCUT2D eigenvalue weighted by Gasteiger charge is 2.13. The molecule has 10 heavy (non-hydrogen) atoms. The molecule has 1 aliphatic carbocycles. The lowest BCUT2D eigenvalue weighted by Crippen LogP contribution is -2.05. The number of allylic oxidation sites excluding steroid dienone is 4. The van der Waals surface area contributed by atoms with Crippen molar-refractivity contribution in [1.82, 2.24) is 0 Å². The summed E-state index contributed by atoms with van der Waals surface area (Å²) in [4.78, 5) is 0. The van der Waals surface area contributed by atoms with Crippen molar-refractivity contribution in [2.24, 2.45) is 5.92 Å². The van der Waals surface area contributed by atoms with E-state index in [1.165, 1.54) is 11.1 Å². The molecule has 0 bridgehead atoms. The summed E-state index contributed by atoms with van der Waals surface area (Å²) in [5.41, 5.74) is 2.56. The summed E-state index contributed by atoms with van der Waals surface area (Å²) >= 11 is 0. The first kappa shape index (κ1) is 7.33. The highest BCUT2D eigenvalue weighted by atomic mass is 14.2. The predicted octanol–water partition coefficient (Wildman–Crippen LogP) is 3.08. The first-order valence-corrected chi connectivity index (χ1v) is 3.70. The molecule has 0 heterocycles. The van der Waals surface area contributed by atoms with E-state index in [-0.39, 0.29) is 0 Å². The predicted molar refractivity (Wildman–Crippen MR) is 45.8 cm³/mol. The summed E-state index contributed by atoms with van der Waals surface area (Å²) in [6.07, 6.45) is 6.54. The van der Waals surface area contributed by atoms with E-state index < -0.39 is 0 Å². The van der Waals surface area contributed by atoms with Crippen molar-refractivity contribution in [3.63, 3.8) is 0 Å². The third kappa shape index (κ3) is 1.38. The first-order valence-electron chi connectivity index (χ1n) is 3.70. The van der Waals surface area contributed by atoms with Gasteiger partial charge in [-0.3, -0.25) is 0 Å². The molecule has 1 aliphatic rings. The van der Waals surface area contributed by atoms with Gasteiger partial charge in [-0.25, -0.2) is 0 Å². The van der Waals surface area contributed by atoms with Crippen LogP contribution in [0.3, 0.4) is 0 Å². The van der Waals surface area contributed by atoms with Crippen LogP contribution in [0.15, 0.2) is 36.5 Å². The lowest BCUT2D eigenvalue weighted by atomic mass is 9.85. The second kappa shape index (κ2) is 2.87. The van der Waals surface area contributed by atoms with Crippen LogP contribution in [0, 0.1) is 5.92 Å². The van der Waals surface area contributed by atoms with Crippen LogP contribution in [0.4, 0.5) is 0 Å². The van der Waals surface area contributed by atoms with Crippen molar-refractivity contribution < 1.29 is 0 Å². The molecule has 0 heteroatoms. The van der Waals surface area contributed by atoms with Crippen LogP contribution in [0.25, 0.3) is 0 Å². The Kier molecular flexibility index (Phi) is 2.10. The molecule has 1 unspecified atom stereocenters. The largest absolute Gasteiger partial charge is 0.0995 e. The average Bonchev–Trinajstić information content (AvgIpc) is 1.88. The van der Waals surface area contributed by atoms with Crippen LogP contribution in [-0.2, 0) is 0 Å². The fourth-order valence-corrected chi connectivity index (χ4v) is 1.33. The minimum Gasteiger partial charge on any atom is -0.0995 e. The van der Waals surface area contributed by atoms with Crippen molar-refractivity contribution in [2.45, 2.75) is 19.8 Å². The summed E-state index contributed by atoms with van der Waals surface area (Å²) in [6, 6.07) is 0. The highest BCUT2D eigenvalue weighted by Crippen LogP contribution is 2.27. The molecule has 0 N–H and O–H groups in total. The molecule has 0 aromatic carbocycles. The minimum absolute atomic E-state index is 0.546. The fraction of sp³-hybridized carbons (Fsp3) is 0.400. The molecule has 54 valence electrons. The zero-order valence-electron chi connectivity index (χ0n) is 6.56. The molecule has 0 nitrogen and oxygen atoms in total. The lowest BCUT2D eigenvalue weighted by molar-refractivity contribution is 0.692. The maximum Gasteiger partial charge on any atom is 0.00364 e. The molecule has 0 amide bonds. The molecular formula is C10H14. The summed E-state index contributed by atoms with van der Waals surface area (Å²) in [5.74, 6) is 0.546. The van der Waals surface area contributed by atoms with E-state index >= 15 is 0 Å². The van der Waals surface area contributed by atoms with Crippen LogP contribution in [0.5, 0.6) is 0 Å². The third-order valence-corrected chi connectivity index (χ3v) is 2.01. The van der Waals surface area contributed by atoms with E-state index in [1.807, 2.05) is 0 Å². The van der Waals surface area contributed by atoms with Crippen molar-refractivity contribution in [1.29, 1.82) is 0 Å². The van der Waals surface area contributed by atoms with Gasteiger partial charge in [-0.05, 0) is 19.8 Å². The Morgan fingerprint density at radius 2 is 2.30 bits per heavy atom. The van der Waals surface area contributed by atoms with Crippen LogP contribution >= 0.6 is 0 Å². The molecule has 1 rings (SSSR count). The second-order valence-electron chi connectivity index (χ2n) is 2.97. The maximum atomic E-state index is 4.00. The van der Waals surface area contributed by atoms with Gasteiger partial charge >= 0.3 is 0 Å². The normalized spacial score (nSPS) is 24.9. The summed E-state index contributed by atoms with van der Waals surface area (Å²) in [6.45, 7) is 10.0. The lowest BCUT2D eigenvalue weighted by Gasteiger charge is -2.20. The van der Waals surface area contributed by atoms with E-state index in [9.17, 15) is 0 Å². The molecular weight excluding hydrogens is 120 g/mol. The van der Waals surface area contributed by atoms with E-state index in [0.29, 0.717) is 5.92 Å². The van der Waals surface area contributed by atoms with Crippen LogP contribution < -0.4 is 0 Å². The summed E-state index contributed by atoms with van der Waals surface area (Å²) in [7, 11) is 0. The van der Waals surface area contributed by atoms with Crippen LogP contribution in [0.1, 0.15) is 19.8 Å². The quantitative estimate of drug-likeness (QED) is 0.483. The van der Waals surface area contributed by atoms with Gasteiger partial charge in [0.1, 0.15) is 0 Å².